The Labute approximate surface area is 109 Å². The molecule has 0 saturated heterocycles. The summed E-state index contributed by atoms with van der Waals surface area (Å²) in [5.74, 6) is -0.0283. The fourth-order valence-electron chi connectivity index (χ4n) is 1.92. The lowest BCUT2D eigenvalue weighted by Crippen LogP contribution is -2.57. The van der Waals surface area contributed by atoms with Gasteiger partial charge in [-0.25, -0.2) is 0 Å². The van der Waals surface area contributed by atoms with Crippen LogP contribution in [0.4, 0.5) is 22.0 Å². The van der Waals surface area contributed by atoms with Gasteiger partial charge < -0.3 is 0 Å². The number of nitrogens with zero attached hydrogens (tertiary/aromatic N) is 3. The van der Waals surface area contributed by atoms with Crippen molar-refractivity contribution in [2.75, 3.05) is 0 Å². The molecule has 19 heavy (non-hydrogen) atoms. The van der Waals surface area contributed by atoms with Gasteiger partial charge in [-0.15, -0.1) is 0 Å². The fourth-order valence-corrected chi connectivity index (χ4v) is 1.92. The van der Waals surface area contributed by atoms with E-state index in [2.05, 4.69) is 5.10 Å². The van der Waals surface area contributed by atoms with Gasteiger partial charge in [-0.1, -0.05) is 13.8 Å². The summed E-state index contributed by atoms with van der Waals surface area (Å²) < 4.78 is 64.3. The molecule has 8 heteroatoms. The van der Waals surface area contributed by atoms with Crippen molar-refractivity contribution in [3.63, 3.8) is 0 Å². The van der Waals surface area contributed by atoms with Crippen LogP contribution in [0.25, 0.3) is 0 Å². The number of hydrogen-bond donors (Lipinski definition) is 0. The van der Waals surface area contributed by atoms with E-state index < -0.39 is 18.4 Å². The largest absolute Gasteiger partial charge is 0.475 e. The highest BCUT2D eigenvalue weighted by Crippen LogP contribution is 2.41. The number of rotatable bonds is 4. The molecular weight excluding hydrogens is 269 g/mol. The van der Waals surface area contributed by atoms with Gasteiger partial charge in [0.25, 0.3) is 0 Å². The lowest BCUT2D eigenvalue weighted by molar-refractivity contribution is -0.334. The number of alkyl halides is 5. The minimum absolute atomic E-state index is 0.00694. The first-order chi connectivity index (χ1) is 8.48. The Balaban J connectivity index is 3.03. The van der Waals surface area contributed by atoms with Crippen molar-refractivity contribution < 1.29 is 22.0 Å². The zero-order valence-electron chi connectivity index (χ0n) is 11.2. The lowest BCUT2D eigenvalue weighted by atomic mass is 10.1. The maximum Gasteiger partial charge on any atom is 0.475 e. The fraction of sp³-hybridized carbons (Fsp3) is 0.909. The number of hydrazone groups is 1. The Bertz CT molecular complexity index is 338. The first kappa shape index (κ1) is 16.0. The normalized spacial score (nSPS) is 21.1. The van der Waals surface area contributed by atoms with Crippen LogP contribution in [-0.4, -0.2) is 40.7 Å². The molecule has 0 saturated carbocycles. The van der Waals surface area contributed by atoms with Gasteiger partial charge in [0.1, 0.15) is 12.5 Å². The van der Waals surface area contributed by atoms with Gasteiger partial charge in [-0.05, 0) is 26.2 Å². The van der Waals surface area contributed by atoms with Crippen LogP contribution in [0.2, 0.25) is 0 Å². The second kappa shape index (κ2) is 5.13. The second-order valence-corrected chi connectivity index (χ2v) is 5.26. The highest BCUT2D eigenvalue weighted by Gasteiger charge is 2.64. The molecule has 0 spiro atoms. The van der Waals surface area contributed by atoms with Gasteiger partial charge in [0.05, 0.1) is 0 Å². The third-order valence-corrected chi connectivity index (χ3v) is 2.81. The van der Waals surface area contributed by atoms with Crippen molar-refractivity contribution in [1.82, 2.24) is 9.91 Å². The zero-order valence-corrected chi connectivity index (χ0v) is 11.2. The predicted octanol–water partition coefficient (Wildman–Crippen LogP) is 3.48. The third-order valence-electron chi connectivity index (χ3n) is 2.81. The van der Waals surface area contributed by atoms with Crippen molar-refractivity contribution in [2.24, 2.45) is 11.0 Å². The van der Waals surface area contributed by atoms with Gasteiger partial charge in [-0.2, -0.15) is 27.1 Å². The van der Waals surface area contributed by atoms with E-state index in [1.807, 2.05) is 0 Å². The highest BCUT2D eigenvalue weighted by molar-refractivity contribution is 5.58. The molecule has 0 aromatic carbocycles. The standard InChI is InChI=1S/C11H18F5N3/c1-7(2)5-9-18(6-17-19(9)8(3)4)11(15,16)10(12,13)14/h6-9H,5H2,1-4H3. The summed E-state index contributed by atoms with van der Waals surface area (Å²) in [6.07, 6.45) is -5.96. The lowest BCUT2D eigenvalue weighted by Gasteiger charge is -2.38. The van der Waals surface area contributed by atoms with E-state index in [0.717, 1.165) is 0 Å². The zero-order chi connectivity index (χ0) is 15.0. The maximum atomic E-state index is 13.5. The van der Waals surface area contributed by atoms with Gasteiger partial charge in [0.15, 0.2) is 0 Å². The van der Waals surface area contributed by atoms with Crippen LogP contribution >= 0.6 is 0 Å². The first-order valence-corrected chi connectivity index (χ1v) is 6.04. The molecule has 1 aliphatic heterocycles. The maximum absolute atomic E-state index is 13.5. The van der Waals surface area contributed by atoms with Gasteiger partial charge >= 0.3 is 12.2 Å². The Morgan fingerprint density at radius 1 is 1.11 bits per heavy atom. The molecule has 0 aromatic heterocycles. The van der Waals surface area contributed by atoms with Crippen molar-refractivity contribution in [1.29, 1.82) is 0 Å². The van der Waals surface area contributed by atoms with Gasteiger partial charge in [0.2, 0.25) is 0 Å². The molecule has 0 amide bonds. The van der Waals surface area contributed by atoms with Crippen LogP contribution in [-0.2, 0) is 0 Å². The molecule has 0 fully saturated rings. The van der Waals surface area contributed by atoms with E-state index in [-0.39, 0.29) is 23.3 Å². The molecule has 0 aliphatic carbocycles. The molecule has 0 bridgehead atoms. The van der Waals surface area contributed by atoms with Crippen molar-refractivity contribution in [2.45, 2.75) is 58.5 Å². The van der Waals surface area contributed by atoms with Gasteiger partial charge in [-0.3, -0.25) is 9.91 Å². The molecule has 1 unspecified atom stereocenters. The topological polar surface area (TPSA) is 18.8 Å². The van der Waals surface area contributed by atoms with Crippen LogP contribution in [0.1, 0.15) is 34.1 Å². The predicted molar refractivity (Wildman–Crippen MR) is 61.6 cm³/mol. The summed E-state index contributed by atoms with van der Waals surface area (Å²) in [5, 5.41) is 4.96. The van der Waals surface area contributed by atoms with Gasteiger partial charge in [0, 0.05) is 6.04 Å². The summed E-state index contributed by atoms with van der Waals surface area (Å²) in [6.45, 7) is 6.92. The summed E-state index contributed by atoms with van der Waals surface area (Å²) in [5.41, 5.74) is 0. The molecule has 0 radical (unpaired) electrons. The molecule has 3 nitrogen and oxygen atoms in total. The summed E-state index contributed by atoms with van der Waals surface area (Å²) in [6, 6.07) is -5.17. The van der Waals surface area contributed by atoms with E-state index in [1.54, 1.807) is 27.7 Å². The molecule has 1 heterocycles. The SMILES string of the molecule is CC(C)CC1N(C(C)C)N=CN1C(F)(F)C(F)(F)F. The van der Waals surface area contributed by atoms with Crippen molar-refractivity contribution in [3.8, 4) is 0 Å². The quantitative estimate of drug-likeness (QED) is 0.582. The van der Waals surface area contributed by atoms with Crippen LogP contribution < -0.4 is 0 Å². The Hall–Kier alpha value is -1.08. The van der Waals surface area contributed by atoms with E-state index in [9.17, 15) is 22.0 Å². The Morgan fingerprint density at radius 3 is 2.00 bits per heavy atom. The van der Waals surface area contributed by atoms with E-state index in [0.29, 0.717) is 6.34 Å². The van der Waals surface area contributed by atoms with Crippen molar-refractivity contribution >= 4 is 6.34 Å². The summed E-state index contributed by atoms with van der Waals surface area (Å²) in [7, 11) is 0. The molecule has 1 rings (SSSR count). The summed E-state index contributed by atoms with van der Waals surface area (Å²) >= 11 is 0. The smallest absolute Gasteiger partial charge is 0.272 e. The molecule has 112 valence electrons. The number of hydrogen-bond acceptors (Lipinski definition) is 3. The number of halogens is 5. The Morgan fingerprint density at radius 2 is 1.63 bits per heavy atom. The second-order valence-electron chi connectivity index (χ2n) is 5.26. The van der Waals surface area contributed by atoms with Crippen LogP contribution in [0.5, 0.6) is 0 Å². The minimum Gasteiger partial charge on any atom is -0.272 e. The minimum atomic E-state index is -5.62. The van der Waals surface area contributed by atoms with E-state index >= 15 is 0 Å². The molecule has 0 N–H and O–H groups in total. The van der Waals surface area contributed by atoms with Crippen LogP contribution in [0, 0.1) is 5.92 Å². The molecule has 1 atom stereocenters. The van der Waals surface area contributed by atoms with E-state index in [4.69, 9.17) is 0 Å². The summed E-state index contributed by atoms with van der Waals surface area (Å²) in [4.78, 5) is 0.00694. The van der Waals surface area contributed by atoms with Crippen molar-refractivity contribution in [3.05, 3.63) is 0 Å². The monoisotopic (exact) mass is 287 g/mol. The molecule has 0 aromatic rings. The molecule has 1 aliphatic rings. The van der Waals surface area contributed by atoms with E-state index in [1.165, 1.54) is 5.01 Å². The average Bonchev–Trinajstić information content (AvgIpc) is 2.58. The first-order valence-electron chi connectivity index (χ1n) is 6.04. The highest BCUT2D eigenvalue weighted by atomic mass is 19.4. The third kappa shape index (κ3) is 3.09. The Kier molecular flexibility index (Phi) is 4.31. The van der Waals surface area contributed by atoms with Crippen LogP contribution in [0.3, 0.4) is 0 Å². The molecular formula is C11H18F5N3. The average molecular weight is 287 g/mol. The van der Waals surface area contributed by atoms with Crippen LogP contribution in [0.15, 0.2) is 5.10 Å².